The Morgan fingerprint density at radius 3 is 2.00 bits per heavy atom. The molecular formula is C20H14N2O3S. The maximum Gasteiger partial charge on any atom is 0.196 e. The lowest BCUT2D eigenvalue weighted by molar-refractivity contribution is 0.0980. The minimum atomic E-state index is -0.299. The summed E-state index contributed by atoms with van der Waals surface area (Å²) in [6.07, 6.45) is 0. The van der Waals surface area contributed by atoms with Gasteiger partial charge in [0.2, 0.25) is 0 Å². The summed E-state index contributed by atoms with van der Waals surface area (Å²) in [6, 6.07) is 14.9. The number of benzene rings is 3. The third-order valence-corrected chi connectivity index (χ3v) is 5.36. The lowest BCUT2D eigenvalue weighted by atomic mass is 9.82. The van der Waals surface area contributed by atoms with E-state index >= 15 is 0 Å². The SMILES string of the molecule is Nc1cc(Sc2ccc(O)cc2)c(N)c2c1C(=O)c1ccccc1C2=O. The van der Waals surface area contributed by atoms with Crippen LogP contribution in [0.1, 0.15) is 31.8 Å². The number of hydrogen-bond acceptors (Lipinski definition) is 6. The number of phenols is 1. The molecule has 5 N–H and O–H groups in total. The molecule has 0 bridgehead atoms. The Kier molecular flexibility index (Phi) is 3.70. The molecule has 0 unspecified atom stereocenters. The molecule has 1 aliphatic carbocycles. The predicted molar refractivity (Wildman–Crippen MR) is 101 cm³/mol. The molecule has 0 spiro atoms. The van der Waals surface area contributed by atoms with E-state index in [2.05, 4.69) is 0 Å². The molecule has 3 aromatic carbocycles. The van der Waals surface area contributed by atoms with Crippen LogP contribution in [0.25, 0.3) is 0 Å². The Labute approximate surface area is 153 Å². The number of ketones is 2. The molecule has 0 atom stereocenters. The molecule has 6 heteroatoms. The topological polar surface area (TPSA) is 106 Å². The fraction of sp³-hybridized carbons (Fsp3) is 0. The van der Waals surface area contributed by atoms with Gasteiger partial charge in [0.15, 0.2) is 11.6 Å². The molecule has 4 rings (SSSR count). The smallest absolute Gasteiger partial charge is 0.196 e. The number of aromatic hydroxyl groups is 1. The van der Waals surface area contributed by atoms with Gasteiger partial charge in [-0.25, -0.2) is 0 Å². The van der Waals surface area contributed by atoms with Crippen LogP contribution in [0.5, 0.6) is 5.75 Å². The van der Waals surface area contributed by atoms with Gasteiger partial charge in [-0.2, -0.15) is 0 Å². The highest BCUT2D eigenvalue weighted by atomic mass is 32.2. The van der Waals surface area contributed by atoms with Gasteiger partial charge in [0.05, 0.1) is 16.8 Å². The summed E-state index contributed by atoms with van der Waals surface area (Å²) in [5.74, 6) is -0.433. The van der Waals surface area contributed by atoms with E-state index in [4.69, 9.17) is 11.5 Å². The summed E-state index contributed by atoms with van der Waals surface area (Å²) in [7, 11) is 0. The van der Waals surface area contributed by atoms with E-state index in [1.807, 2.05) is 0 Å². The van der Waals surface area contributed by atoms with Crippen molar-refractivity contribution in [2.75, 3.05) is 11.5 Å². The number of anilines is 2. The maximum absolute atomic E-state index is 12.9. The summed E-state index contributed by atoms with van der Waals surface area (Å²) in [5.41, 5.74) is 13.8. The first kappa shape index (κ1) is 16.2. The average molecular weight is 362 g/mol. The van der Waals surface area contributed by atoms with Crippen molar-refractivity contribution in [3.63, 3.8) is 0 Å². The summed E-state index contributed by atoms with van der Waals surface area (Å²) in [4.78, 5) is 27.2. The minimum Gasteiger partial charge on any atom is -0.508 e. The molecule has 128 valence electrons. The molecule has 26 heavy (non-hydrogen) atoms. The van der Waals surface area contributed by atoms with Crippen molar-refractivity contribution >= 4 is 34.7 Å². The van der Waals surface area contributed by atoms with Crippen molar-refractivity contribution in [2.45, 2.75) is 9.79 Å². The monoisotopic (exact) mass is 362 g/mol. The van der Waals surface area contributed by atoms with Gasteiger partial charge in [-0.15, -0.1) is 0 Å². The predicted octanol–water partition coefficient (Wildman–Crippen LogP) is 3.48. The first-order chi connectivity index (χ1) is 12.5. The number of nitrogens with two attached hydrogens (primary N) is 2. The highest BCUT2D eigenvalue weighted by Gasteiger charge is 2.34. The van der Waals surface area contributed by atoms with Crippen molar-refractivity contribution in [2.24, 2.45) is 0 Å². The van der Waals surface area contributed by atoms with Gasteiger partial charge in [-0.05, 0) is 30.3 Å². The summed E-state index contributed by atoms with van der Waals surface area (Å²) >= 11 is 1.31. The Morgan fingerprint density at radius 2 is 1.38 bits per heavy atom. The van der Waals surface area contributed by atoms with Crippen molar-refractivity contribution in [3.05, 3.63) is 76.9 Å². The molecule has 5 nitrogen and oxygen atoms in total. The second-order valence-corrected chi connectivity index (χ2v) is 7.04. The standard InChI is InChI=1S/C20H14N2O3S/c21-14-9-15(26-11-7-5-10(23)6-8-11)18(22)17-16(14)19(24)12-3-1-2-4-13(12)20(17)25/h1-9,23H,21-22H2. The Hall–Kier alpha value is -3.25. The lowest BCUT2D eigenvalue weighted by Crippen LogP contribution is -2.24. The van der Waals surface area contributed by atoms with Gasteiger partial charge in [-0.3, -0.25) is 9.59 Å². The zero-order valence-corrected chi connectivity index (χ0v) is 14.3. The van der Waals surface area contributed by atoms with Crippen LogP contribution in [0, 0.1) is 0 Å². The minimum absolute atomic E-state index is 0.157. The lowest BCUT2D eigenvalue weighted by Gasteiger charge is -2.22. The van der Waals surface area contributed by atoms with Gasteiger partial charge >= 0.3 is 0 Å². The molecule has 0 fully saturated rings. The van der Waals surface area contributed by atoms with Gasteiger partial charge in [-0.1, -0.05) is 36.0 Å². The van der Waals surface area contributed by atoms with Crippen LogP contribution in [0.3, 0.4) is 0 Å². The van der Waals surface area contributed by atoms with Crippen LogP contribution in [-0.4, -0.2) is 16.7 Å². The number of nitrogen functional groups attached to an aromatic ring is 2. The Bertz CT molecular complexity index is 1080. The van der Waals surface area contributed by atoms with Crippen LogP contribution in [0.15, 0.2) is 64.4 Å². The highest BCUT2D eigenvalue weighted by molar-refractivity contribution is 7.99. The largest absolute Gasteiger partial charge is 0.508 e. The van der Waals surface area contributed by atoms with E-state index in [0.29, 0.717) is 16.0 Å². The molecule has 0 saturated heterocycles. The third kappa shape index (κ3) is 2.43. The van der Waals surface area contributed by atoms with E-state index in [9.17, 15) is 14.7 Å². The second-order valence-electron chi connectivity index (χ2n) is 5.93. The molecule has 0 aliphatic heterocycles. The third-order valence-electron chi connectivity index (χ3n) is 4.30. The molecule has 0 heterocycles. The Morgan fingerprint density at radius 1 is 0.808 bits per heavy atom. The fourth-order valence-electron chi connectivity index (χ4n) is 3.05. The first-order valence-electron chi connectivity index (χ1n) is 7.84. The number of carbonyl (C=O) groups is 2. The molecule has 0 amide bonds. The van der Waals surface area contributed by atoms with E-state index < -0.39 is 0 Å². The van der Waals surface area contributed by atoms with Crippen LogP contribution >= 0.6 is 11.8 Å². The molecule has 1 aliphatic rings. The zero-order valence-electron chi connectivity index (χ0n) is 13.5. The van der Waals surface area contributed by atoms with Crippen molar-refractivity contribution in [1.29, 1.82) is 0 Å². The van der Waals surface area contributed by atoms with Gasteiger partial charge in [0.25, 0.3) is 0 Å². The maximum atomic E-state index is 12.9. The number of rotatable bonds is 2. The van der Waals surface area contributed by atoms with Crippen LogP contribution in [-0.2, 0) is 0 Å². The highest BCUT2D eigenvalue weighted by Crippen LogP contribution is 2.42. The van der Waals surface area contributed by atoms with E-state index in [1.54, 1.807) is 54.6 Å². The van der Waals surface area contributed by atoms with Crippen molar-refractivity contribution < 1.29 is 14.7 Å². The average Bonchev–Trinajstić information content (AvgIpc) is 2.64. The molecule has 0 aromatic heterocycles. The van der Waals surface area contributed by atoms with E-state index in [-0.39, 0.29) is 39.8 Å². The fourth-order valence-corrected chi connectivity index (χ4v) is 3.97. The Balaban J connectivity index is 1.87. The number of phenolic OH excluding ortho intramolecular Hbond substituents is 1. The molecule has 0 radical (unpaired) electrons. The van der Waals surface area contributed by atoms with Crippen molar-refractivity contribution in [1.82, 2.24) is 0 Å². The van der Waals surface area contributed by atoms with Gasteiger partial charge < -0.3 is 16.6 Å². The van der Waals surface area contributed by atoms with Gasteiger partial charge in [0, 0.05) is 26.6 Å². The summed E-state index contributed by atoms with van der Waals surface area (Å²) in [6.45, 7) is 0. The van der Waals surface area contributed by atoms with Crippen LogP contribution in [0.2, 0.25) is 0 Å². The summed E-state index contributed by atoms with van der Waals surface area (Å²) in [5, 5.41) is 9.40. The van der Waals surface area contributed by atoms with Gasteiger partial charge in [0.1, 0.15) is 5.75 Å². The van der Waals surface area contributed by atoms with E-state index in [0.717, 1.165) is 4.90 Å². The quantitative estimate of drug-likeness (QED) is 0.471. The zero-order chi connectivity index (χ0) is 18.4. The normalized spacial score (nSPS) is 12.6. The number of carbonyl (C=O) groups excluding carboxylic acids is 2. The second kappa shape index (κ2) is 5.93. The number of hydrogen-bond donors (Lipinski definition) is 3. The van der Waals surface area contributed by atoms with Crippen LogP contribution < -0.4 is 11.5 Å². The molecular weight excluding hydrogens is 348 g/mol. The van der Waals surface area contributed by atoms with E-state index in [1.165, 1.54) is 11.8 Å². The number of fused-ring (bicyclic) bond motifs is 2. The molecule has 3 aromatic rings. The van der Waals surface area contributed by atoms with Crippen molar-refractivity contribution in [3.8, 4) is 5.75 Å². The van der Waals surface area contributed by atoms with Crippen LogP contribution in [0.4, 0.5) is 11.4 Å². The first-order valence-corrected chi connectivity index (χ1v) is 8.66. The molecule has 0 saturated carbocycles. The summed E-state index contributed by atoms with van der Waals surface area (Å²) < 4.78 is 0.